The topological polar surface area (TPSA) is 95.4 Å². The van der Waals surface area contributed by atoms with Crippen molar-refractivity contribution in [2.75, 3.05) is 20.3 Å². The summed E-state index contributed by atoms with van der Waals surface area (Å²) in [5.41, 5.74) is 9.37. The van der Waals surface area contributed by atoms with Gasteiger partial charge in [-0.3, -0.25) is 14.3 Å². The van der Waals surface area contributed by atoms with E-state index in [0.29, 0.717) is 24.3 Å². The van der Waals surface area contributed by atoms with Crippen molar-refractivity contribution in [2.24, 2.45) is 11.0 Å². The number of azide groups is 1. The summed E-state index contributed by atoms with van der Waals surface area (Å²) in [5.74, 6) is -0.101. The van der Waals surface area contributed by atoms with Crippen LogP contribution in [0.5, 0.6) is 0 Å². The van der Waals surface area contributed by atoms with Crippen LogP contribution in [-0.4, -0.2) is 49.1 Å². The molecule has 2 saturated heterocycles. The summed E-state index contributed by atoms with van der Waals surface area (Å²) in [6, 6.07) is 8.01. The molecule has 146 valence electrons. The van der Waals surface area contributed by atoms with Crippen LogP contribution in [0.2, 0.25) is 0 Å². The number of Topliss-reactive ketones (excluding diaryl/α,β-unsaturated/α-hetero) is 1. The van der Waals surface area contributed by atoms with Crippen LogP contribution in [0.15, 0.2) is 29.4 Å². The molecule has 1 aromatic carbocycles. The maximum absolute atomic E-state index is 13.3. The van der Waals surface area contributed by atoms with Crippen LogP contribution in [-0.2, 0) is 20.3 Å². The van der Waals surface area contributed by atoms with Crippen molar-refractivity contribution in [1.29, 1.82) is 0 Å². The predicted octanol–water partition coefficient (Wildman–Crippen LogP) is 3.53. The largest absolute Gasteiger partial charge is 0.321 e. The zero-order valence-corrected chi connectivity index (χ0v) is 17.0. The maximum Gasteiger partial charge on any atom is 0.229 e. The standard InChI is InChI=1S/C19H27N4O3P/c1-13(24)19-17-9-6-15(23(17)2)12-18(19)26-27(3,25)16-7-4-14(5-8-16)10-11-21-22-20/h4-5,7-8,15,17-19H,6,9-12H2,1-3H3/t15?,17?,18-,19+,27?/m0/s1. The van der Waals surface area contributed by atoms with Crippen molar-refractivity contribution in [3.8, 4) is 0 Å². The zero-order valence-electron chi connectivity index (χ0n) is 16.1. The number of hydrogen-bond donors (Lipinski definition) is 0. The highest BCUT2D eigenvalue weighted by molar-refractivity contribution is 7.66. The first-order valence-corrected chi connectivity index (χ1v) is 11.5. The van der Waals surface area contributed by atoms with Gasteiger partial charge in [0.2, 0.25) is 7.37 Å². The molecule has 0 spiro atoms. The Bertz CT molecular complexity index is 791. The van der Waals surface area contributed by atoms with E-state index < -0.39 is 7.37 Å². The number of nitrogens with zero attached hydrogens (tertiary/aromatic N) is 4. The van der Waals surface area contributed by atoms with Gasteiger partial charge in [-0.25, -0.2) is 0 Å². The first-order chi connectivity index (χ1) is 12.8. The lowest BCUT2D eigenvalue weighted by atomic mass is 9.85. The minimum Gasteiger partial charge on any atom is -0.321 e. The Balaban J connectivity index is 1.74. The molecule has 5 atom stereocenters. The second-order valence-electron chi connectivity index (χ2n) is 7.70. The molecule has 8 heteroatoms. The molecule has 0 aliphatic carbocycles. The number of ketones is 1. The second-order valence-corrected chi connectivity index (χ2v) is 10.1. The van der Waals surface area contributed by atoms with Crippen LogP contribution in [0.3, 0.4) is 0 Å². The monoisotopic (exact) mass is 390 g/mol. The maximum atomic E-state index is 13.3. The number of benzene rings is 1. The van der Waals surface area contributed by atoms with Gasteiger partial charge in [0.15, 0.2) is 0 Å². The molecule has 0 saturated carbocycles. The summed E-state index contributed by atoms with van der Waals surface area (Å²) in [6.07, 6.45) is 3.16. The fourth-order valence-electron chi connectivity index (χ4n) is 4.54. The van der Waals surface area contributed by atoms with E-state index in [2.05, 4.69) is 22.0 Å². The Kier molecular flexibility index (Phi) is 6.07. The fourth-order valence-corrected chi connectivity index (χ4v) is 6.08. The number of hydrogen-bond acceptors (Lipinski definition) is 5. The first kappa shape index (κ1) is 20.1. The number of rotatable bonds is 7. The van der Waals surface area contributed by atoms with Crippen LogP contribution < -0.4 is 5.30 Å². The van der Waals surface area contributed by atoms with E-state index in [0.717, 1.165) is 24.8 Å². The average molecular weight is 390 g/mol. The summed E-state index contributed by atoms with van der Waals surface area (Å²) in [4.78, 5) is 17.3. The van der Waals surface area contributed by atoms with Gasteiger partial charge in [0, 0.05) is 35.5 Å². The molecule has 0 radical (unpaired) electrons. The summed E-state index contributed by atoms with van der Waals surface area (Å²) in [5, 5.41) is 4.19. The van der Waals surface area contributed by atoms with Gasteiger partial charge in [-0.2, -0.15) is 0 Å². The molecule has 3 unspecified atom stereocenters. The van der Waals surface area contributed by atoms with Crippen molar-refractivity contribution in [3.05, 3.63) is 40.3 Å². The molecular formula is C19H27N4O3P. The quantitative estimate of drug-likeness (QED) is 0.308. The number of carbonyl (C=O) groups excluding carboxylic acids is 1. The normalized spacial score (nSPS) is 29.7. The van der Waals surface area contributed by atoms with E-state index in [-0.39, 0.29) is 23.8 Å². The third kappa shape index (κ3) is 4.27. The number of fused-ring (bicyclic) bond motifs is 2. The van der Waals surface area contributed by atoms with Crippen molar-refractivity contribution in [1.82, 2.24) is 4.90 Å². The summed E-state index contributed by atoms with van der Waals surface area (Å²) in [6.45, 7) is 3.65. The molecule has 27 heavy (non-hydrogen) atoms. The van der Waals surface area contributed by atoms with Gasteiger partial charge < -0.3 is 4.52 Å². The van der Waals surface area contributed by atoms with Gasteiger partial charge in [0.25, 0.3) is 0 Å². The van der Waals surface area contributed by atoms with Gasteiger partial charge in [0.1, 0.15) is 5.78 Å². The average Bonchev–Trinajstić information content (AvgIpc) is 2.85. The van der Waals surface area contributed by atoms with E-state index in [9.17, 15) is 9.36 Å². The third-order valence-electron chi connectivity index (χ3n) is 5.99. The Morgan fingerprint density at radius 3 is 2.70 bits per heavy atom. The Morgan fingerprint density at radius 2 is 2.07 bits per heavy atom. The van der Waals surface area contributed by atoms with Crippen molar-refractivity contribution in [3.63, 3.8) is 0 Å². The SMILES string of the molecule is CC(=O)[C@@H]1C2CCC(C[C@@H]1OP(C)(=O)c1ccc(CCN=[N+]=[N-])cc1)N2C. The van der Waals surface area contributed by atoms with Crippen LogP contribution in [0.4, 0.5) is 0 Å². The molecule has 2 aliphatic rings. The third-order valence-corrected chi connectivity index (χ3v) is 7.90. The lowest BCUT2D eigenvalue weighted by Gasteiger charge is -2.42. The highest BCUT2D eigenvalue weighted by Crippen LogP contribution is 2.49. The molecule has 2 heterocycles. The first-order valence-electron chi connectivity index (χ1n) is 9.42. The molecule has 3 rings (SSSR count). The fraction of sp³-hybridized carbons (Fsp3) is 0.632. The molecule has 7 nitrogen and oxygen atoms in total. The van der Waals surface area contributed by atoms with Crippen molar-refractivity contribution < 1.29 is 13.9 Å². The van der Waals surface area contributed by atoms with Crippen LogP contribution in [0.25, 0.3) is 10.4 Å². The molecule has 0 amide bonds. The minimum absolute atomic E-state index is 0.116. The van der Waals surface area contributed by atoms with Crippen LogP contribution in [0, 0.1) is 5.92 Å². The molecule has 0 aromatic heterocycles. The van der Waals surface area contributed by atoms with E-state index in [1.807, 2.05) is 24.3 Å². The van der Waals surface area contributed by atoms with Gasteiger partial charge in [0.05, 0.1) is 12.0 Å². The number of piperidine rings is 1. The minimum atomic E-state index is -3.04. The molecule has 2 fully saturated rings. The van der Waals surface area contributed by atoms with E-state index in [1.165, 1.54) is 0 Å². The van der Waals surface area contributed by atoms with Gasteiger partial charge in [-0.15, -0.1) is 0 Å². The number of carbonyl (C=O) groups is 1. The van der Waals surface area contributed by atoms with Gasteiger partial charge in [-0.1, -0.05) is 17.2 Å². The zero-order chi connectivity index (χ0) is 19.6. The Labute approximate surface area is 160 Å². The Morgan fingerprint density at radius 1 is 1.37 bits per heavy atom. The highest BCUT2D eigenvalue weighted by atomic mass is 31.2. The van der Waals surface area contributed by atoms with E-state index in [4.69, 9.17) is 10.1 Å². The molecule has 2 bridgehead atoms. The second kappa shape index (κ2) is 8.15. The predicted molar refractivity (Wildman–Crippen MR) is 106 cm³/mol. The van der Waals surface area contributed by atoms with Crippen LogP contribution in [0.1, 0.15) is 31.7 Å². The molecule has 1 aromatic rings. The molecule has 2 aliphatic heterocycles. The summed E-state index contributed by atoms with van der Waals surface area (Å²) in [7, 11) is -0.961. The van der Waals surface area contributed by atoms with E-state index in [1.54, 1.807) is 13.6 Å². The van der Waals surface area contributed by atoms with Crippen LogP contribution >= 0.6 is 7.37 Å². The lowest BCUT2D eigenvalue weighted by Crippen LogP contribution is -2.52. The van der Waals surface area contributed by atoms with Gasteiger partial charge >= 0.3 is 0 Å². The molecular weight excluding hydrogens is 363 g/mol. The lowest BCUT2D eigenvalue weighted by molar-refractivity contribution is -0.128. The van der Waals surface area contributed by atoms with Gasteiger partial charge in [-0.05, 0) is 62.9 Å². The van der Waals surface area contributed by atoms with Crippen molar-refractivity contribution in [2.45, 2.75) is 50.8 Å². The Hall–Kier alpha value is -1.65. The summed E-state index contributed by atoms with van der Waals surface area (Å²) >= 11 is 0. The van der Waals surface area contributed by atoms with Crippen molar-refractivity contribution >= 4 is 18.5 Å². The highest BCUT2D eigenvalue weighted by Gasteiger charge is 2.49. The smallest absolute Gasteiger partial charge is 0.229 e. The van der Waals surface area contributed by atoms with E-state index >= 15 is 0 Å². The molecule has 0 N–H and O–H groups in total. The summed E-state index contributed by atoms with van der Waals surface area (Å²) < 4.78 is 19.5.